The highest BCUT2D eigenvalue weighted by atomic mass is 16.1. The third-order valence-corrected chi connectivity index (χ3v) is 5.03. The van der Waals surface area contributed by atoms with E-state index in [0.717, 1.165) is 24.1 Å². The second kappa shape index (κ2) is 7.78. The number of benzene rings is 2. The Kier molecular flexibility index (Phi) is 5.05. The SMILES string of the molecule is CCCc1ccc(-c2ccc(CC(=O)Nc3cc(C4CC4)[nH]n3)cc2)cc1. The molecule has 0 radical (unpaired) electrons. The molecule has 1 aliphatic rings. The van der Waals surface area contributed by atoms with Gasteiger partial charge in [0.1, 0.15) is 0 Å². The van der Waals surface area contributed by atoms with Gasteiger partial charge in [0.05, 0.1) is 6.42 Å². The minimum absolute atomic E-state index is 0.0412. The Morgan fingerprint density at radius 1 is 1.04 bits per heavy atom. The Bertz CT molecular complexity index is 906. The summed E-state index contributed by atoms with van der Waals surface area (Å²) in [5.41, 5.74) is 5.87. The molecule has 3 aromatic rings. The molecule has 4 nitrogen and oxygen atoms in total. The van der Waals surface area contributed by atoms with Crippen LogP contribution in [0.5, 0.6) is 0 Å². The number of nitrogens with one attached hydrogen (secondary N) is 2. The van der Waals surface area contributed by atoms with Crippen molar-refractivity contribution >= 4 is 11.7 Å². The van der Waals surface area contributed by atoms with Crippen LogP contribution in [0.4, 0.5) is 5.82 Å². The molecule has 0 spiro atoms. The average Bonchev–Trinajstić information content (AvgIpc) is 3.43. The van der Waals surface area contributed by atoms with E-state index in [1.807, 2.05) is 18.2 Å². The van der Waals surface area contributed by atoms with Gasteiger partial charge in [-0.25, -0.2) is 0 Å². The Hall–Kier alpha value is -2.88. The van der Waals surface area contributed by atoms with Gasteiger partial charge in [-0.2, -0.15) is 5.10 Å². The molecule has 1 fully saturated rings. The number of amides is 1. The van der Waals surface area contributed by atoms with Gasteiger partial charge in [0.25, 0.3) is 0 Å². The number of nitrogens with zero attached hydrogens (tertiary/aromatic N) is 1. The van der Waals surface area contributed by atoms with Crippen molar-refractivity contribution in [1.82, 2.24) is 10.2 Å². The van der Waals surface area contributed by atoms with Gasteiger partial charge in [0, 0.05) is 17.7 Å². The number of carbonyl (C=O) groups is 1. The van der Waals surface area contributed by atoms with Crippen LogP contribution in [-0.4, -0.2) is 16.1 Å². The zero-order valence-corrected chi connectivity index (χ0v) is 15.7. The molecule has 0 bridgehead atoms. The molecule has 1 saturated carbocycles. The van der Waals surface area contributed by atoms with E-state index in [9.17, 15) is 4.79 Å². The van der Waals surface area contributed by atoms with Crippen LogP contribution in [0.1, 0.15) is 48.9 Å². The maximum atomic E-state index is 12.3. The smallest absolute Gasteiger partial charge is 0.229 e. The minimum atomic E-state index is -0.0412. The molecule has 138 valence electrons. The Morgan fingerprint density at radius 2 is 1.67 bits per heavy atom. The van der Waals surface area contributed by atoms with Crippen molar-refractivity contribution in [2.75, 3.05) is 5.32 Å². The maximum absolute atomic E-state index is 12.3. The highest BCUT2D eigenvalue weighted by Gasteiger charge is 2.25. The fourth-order valence-corrected chi connectivity index (χ4v) is 3.34. The number of rotatable bonds is 7. The summed E-state index contributed by atoms with van der Waals surface area (Å²) in [6.45, 7) is 2.20. The summed E-state index contributed by atoms with van der Waals surface area (Å²) in [4.78, 5) is 12.3. The first-order chi connectivity index (χ1) is 13.2. The molecular formula is C23H25N3O. The van der Waals surface area contributed by atoms with Crippen molar-refractivity contribution in [2.24, 2.45) is 0 Å². The van der Waals surface area contributed by atoms with Crippen LogP contribution >= 0.6 is 0 Å². The molecule has 0 saturated heterocycles. The lowest BCUT2D eigenvalue weighted by atomic mass is 10.0. The maximum Gasteiger partial charge on any atom is 0.229 e. The summed E-state index contributed by atoms with van der Waals surface area (Å²) in [7, 11) is 0. The van der Waals surface area contributed by atoms with Crippen molar-refractivity contribution < 1.29 is 4.79 Å². The first-order valence-electron chi connectivity index (χ1n) is 9.74. The van der Waals surface area contributed by atoms with E-state index in [1.54, 1.807) is 0 Å². The second-order valence-corrected chi connectivity index (χ2v) is 7.35. The van der Waals surface area contributed by atoms with Crippen LogP contribution < -0.4 is 5.32 Å². The molecule has 1 amide bonds. The van der Waals surface area contributed by atoms with Gasteiger partial charge in [0.2, 0.25) is 5.91 Å². The monoisotopic (exact) mass is 359 g/mol. The number of H-pyrrole nitrogens is 1. The second-order valence-electron chi connectivity index (χ2n) is 7.35. The van der Waals surface area contributed by atoms with Crippen LogP contribution in [0.2, 0.25) is 0 Å². The third kappa shape index (κ3) is 4.45. The number of aromatic amines is 1. The molecule has 27 heavy (non-hydrogen) atoms. The quantitative estimate of drug-likeness (QED) is 0.617. The Morgan fingerprint density at radius 3 is 2.26 bits per heavy atom. The molecule has 0 unspecified atom stereocenters. The van der Waals surface area contributed by atoms with Crippen molar-refractivity contribution in [3.63, 3.8) is 0 Å². The van der Waals surface area contributed by atoms with Crippen LogP contribution in [0.3, 0.4) is 0 Å². The molecular weight excluding hydrogens is 334 g/mol. The van der Waals surface area contributed by atoms with Gasteiger partial charge < -0.3 is 5.32 Å². The minimum Gasteiger partial charge on any atom is -0.309 e. The predicted molar refractivity (Wildman–Crippen MR) is 109 cm³/mol. The molecule has 0 atom stereocenters. The van der Waals surface area contributed by atoms with Crippen LogP contribution in [-0.2, 0) is 17.6 Å². The van der Waals surface area contributed by atoms with Gasteiger partial charge in [-0.15, -0.1) is 0 Å². The average molecular weight is 359 g/mol. The first-order valence-corrected chi connectivity index (χ1v) is 9.74. The predicted octanol–water partition coefficient (Wildman–Crippen LogP) is 5.09. The molecule has 4 rings (SSSR count). The van der Waals surface area contributed by atoms with Crippen molar-refractivity contribution in [2.45, 2.75) is 44.9 Å². The zero-order chi connectivity index (χ0) is 18.6. The van der Waals surface area contributed by atoms with Gasteiger partial charge >= 0.3 is 0 Å². The molecule has 0 aliphatic heterocycles. The molecule has 1 aliphatic carbocycles. The Labute approximate surface area is 160 Å². The standard InChI is InChI=1S/C23H25N3O/c1-2-3-16-4-8-18(9-5-16)19-10-6-17(7-11-19)14-23(27)24-22-15-21(25-26-22)20-12-13-20/h4-11,15,20H,2-3,12-14H2,1H3,(H2,24,25,26,27). The summed E-state index contributed by atoms with van der Waals surface area (Å²) in [5, 5.41) is 10.1. The van der Waals surface area contributed by atoms with Gasteiger partial charge in [0.15, 0.2) is 5.82 Å². The van der Waals surface area contributed by atoms with Gasteiger partial charge in [-0.1, -0.05) is 61.9 Å². The number of aryl methyl sites for hydroxylation is 1. The number of hydrogen-bond donors (Lipinski definition) is 2. The van der Waals surface area contributed by atoms with E-state index in [0.29, 0.717) is 18.2 Å². The first kappa shape index (κ1) is 17.5. The molecule has 1 heterocycles. The molecule has 2 aromatic carbocycles. The number of aromatic nitrogens is 2. The van der Waals surface area contributed by atoms with E-state index in [4.69, 9.17) is 0 Å². The van der Waals surface area contributed by atoms with Crippen molar-refractivity contribution in [1.29, 1.82) is 0 Å². The summed E-state index contributed by atoms with van der Waals surface area (Å²) in [6.07, 6.45) is 5.05. The van der Waals surface area contributed by atoms with E-state index < -0.39 is 0 Å². The topological polar surface area (TPSA) is 57.8 Å². The van der Waals surface area contributed by atoms with E-state index in [-0.39, 0.29) is 5.91 Å². The van der Waals surface area contributed by atoms with E-state index in [2.05, 4.69) is 58.8 Å². The van der Waals surface area contributed by atoms with E-state index in [1.165, 1.54) is 29.5 Å². The summed E-state index contributed by atoms with van der Waals surface area (Å²) in [5.74, 6) is 1.18. The summed E-state index contributed by atoms with van der Waals surface area (Å²) in [6, 6.07) is 18.9. The largest absolute Gasteiger partial charge is 0.309 e. The fourth-order valence-electron chi connectivity index (χ4n) is 3.34. The number of hydrogen-bond acceptors (Lipinski definition) is 2. The van der Waals surface area contributed by atoms with E-state index >= 15 is 0 Å². The lowest BCUT2D eigenvalue weighted by Crippen LogP contribution is -2.14. The van der Waals surface area contributed by atoms with Crippen molar-refractivity contribution in [3.05, 3.63) is 71.4 Å². The number of carbonyl (C=O) groups excluding carboxylic acids is 1. The molecule has 1 aromatic heterocycles. The van der Waals surface area contributed by atoms with Gasteiger partial charge in [-0.3, -0.25) is 9.89 Å². The third-order valence-electron chi connectivity index (χ3n) is 5.03. The molecule has 4 heteroatoms. The van der Waals surface area contributed by atoms with Crippen molar-refractivity contribution in [3.8, 4) is 11.1 Å². The van der Waals surface area contributed by atoms with Crippen LogP contribution in [0.15, 0.2) is 54.6 Å². The lowest BCUT2D eigenvalue weighted by Gasteiger charge is -2.06. The van der Waals surface area contributed by atoms with Gasteiger partial charge in [-0.05, 0) is 41.5 Å². The van der Waals surface area contributed by atoms with Crippen LogP contribution in [0.25, 0.3) is 11.1 Å². The normalized spacial score (nSPS) is 13.5. The fraction of sp³-hybridized carbons (Fsp3) is 0.304. The Balaban J connectivity index is 1.35. The highest BCUT2D eigenvalue weighted by molar-refractivity contribution is 5.91. The summed E-state index contributed by atoms with van der Waals surface area (Å²) < 4.78 is 0. The summed E-state index contributed by atoms with van der Waals surface area (Å²) >= 11 is 0. The highest BCUT2D eigenvalue weighted by Crippen LogP contribution is 2.39. The van der Waals surface area contributed by atoms with Crippen LogP contribution in [0, 0.1) is 0 Å². The lowest BCUT2D eigenvalue weighted by molar-refractivity contribution is -0.115. The number of anilines is 1. The zero-order valence-electron chi connectivity index (χ0n) is 15.7. The molecule has 2 N–H and O–H groups in total.